The van der Waals surface area contributed by atoms with Crippen LogP contribution in [-0.4, -0.2) is 28.0 Å². The number of aromatic nitrogens is 3. The van der Waals surface area contributed by atoms with Gasteiger partial charge in [0.2, 0.25) is 0 Å². The van der Waals surface area contributed by atoms with Gasteiger partial charge >= 0.3 is 0 Å². The van der Waals surface area contributed by atoms with Crippen LogP contribution in [-0.2, 0) is 24.6 Å². The van der Waals surface area contributed by atoms with Crippen LogP contribution in [0, 0.1) is 0 Å². The lowest BCUT2D eigenvalue weighted by Gasteiger charge is -2.01. The van der Waals surface area contributed by atoms with Crippen LogP contribution in [0.2, 0.25) is 0 Å². The molecule has 0 N–H and O–H groups in total. The van der Waals surface area contributed by atoms with E-state index in [1.54, 1.807) is 4.68 Å². The number of aryl methyl sites for hydroxylation is 2. The predicted molar refractivity (Wildman–Crippen MR) is 78.9 cm³/mol. The Morgan fingerprint density at radius 3 is 2.68 bits per heavy atom. The summed E-state index contributed by atoms with van der Waals surface area (Å²) in [6.07, 6.45) is 3.99. The minimum Gasteiger partial charge on any atom is -0.287 e. The standard InChI is InChI=1S/C13H16BN3OS/c1-17-9-11(15-16-17)4-7-13(18)19-12-5-2-10(8-14)3-6-12/h2-3,5-6,9H,4,7-8,14H2,1H3. The Morgan fingerprint density at radius 1 is 1.37 bits per heavy atom. The van der Waals surface area contributed by atoms with Crippen LogP contribution in [0.1, 0.15) is 17.7 Å². The number of hydrogen-bond donors (Lipinski definition) is 0. The summed E-state index contributed by atoms with van der Waals surface area (Å²) in [4.78, 5) is 12.9. The van der Waals surface area contributed by atoms with Gasteiger partial charge in [0.05, 0.1) is 5.69 Å². The van der Waals surface area contributed by atoms with Gasteiger partial charge in [-0.2, -0.15) is 0 Å². The molecule has 0 saturated heterocycles. The fourth-order valence-corrected chi connectivity index (χ4v) is 2.45. The number of nitrogens with zero attached hydrogens (tertiary/aromatic N) is 3. The van der Waals surface area contributed by atoms with Gasteiger partial charge in [-0.05, 0) is 12.1 Å². The lowest BCUT2D eigenvalue weighted by molar-refractivity contribution is -0.110. The second-order valence-electron chi connectivity index (χ2n) is 4.36. The third-order valence-corrected chi connectivity index (χ3v) is 3.74. The molecule has 0 aliphatic rings. The highest BCUT2D eigenvalue weighted by atomic mass is 32.2. The van der Waals surface area contributed by atoms with E-state index in [1.165, 1.54) is 17.3 Å². The third kappa shape index (κ3) is 4.24. The van der Waals surface area contributed by atoms with Crippen molar-refractivity contribution < 1.29 is 4.79 Å². The largest absolute Gasteiger partial charge is 0.287 e. The molecule has 6 heteroatoms. The summed E-state index contributed by atoms with van der Waals surface area (Å²) in [5.74, 6) is 0. The van der Waals surface area contributed by atoms with Gasteiger partial charge in [-0.15, -0.1) is 5.10 Å². The van der Waals surface area contributed by atoms with Gasteiger partial charge in [0, 0.05) is 31.0 Å². The second-order valence-corrected chi connectivity index (χ2v) is 5.49. The molecule has 0 aliphatic carbocycles. The van der Waals surface area contributed by atoms with E-state index in [0.717, 1.165) is 16.9 Å². The average Bonchev–Trinajstić information content (AvgIpc) is 2.83. The molecule has 0 fully saturated rings. The maximum atomic E-state index is 11.9. The van der Waals surface area contributed by atoms with E-state index >= 15 is 0 Å². The Kier molecular flexibility index (Phi) is 4.79. The molecule has 19 heavy (non-hydrogen) atoms. The van der Waals surface area contributed by atoms with Crippen molar-refractivity contribution in [3.8, 4) is 0 Å². The molecule has 0 bridgehead atoms. The van der Waals surface area contributed by atoms with Gasteiger partial charge in [0.25, 0.3) is 0 Å². The smallest absolute Gasteiger partial charge is 0.194 e. The number of benzene rings is 1. The van der Waals surface area contributed by atoms with Crippen LogP contribution >= 0.6 is 11.8 Å². The zero-order valence-corrected chi connectivity index (χ0v) is 12.0. The molecule has 4 nitrogen and oxygen atoms in total. The first-order valence-electron chi connectivity index (χ1n) is 6.32. The van der Waals surface area contributed by atoms with Crippen molar-refractivity contribution in [1.82, 2.24) is 15.0 Å². The van der Waals surface area contributed by atoms with E-state index in [0.29, 0.717) is 12.8 Å². The first-order chi connectivity index (χ1) is 9.17. The maximum absolute atomic E-state index is 11.9. The molecule has 2 aromatic rings. The summed E-state index contributed by atoms with van der Waals surface area (Å²) in [5.41, 5.74) is 2.15. The van der Waals surface area contributed by atoms with Crippen molar-refractivity contribution in [2.75, 3.05) is 0 Å². The molecular formula is C13H16BN3OS. The quantitative estimate of drug-likeness (QED) is 0.606. The molecular weight excluding hydrogens is 257 g/mol. The Labute approximate surface area is 118 Å². The van der Waals surface area contributed by atoms with E-state index in [4.69, 9.17) is 0 Å². The predicted octanol–water partition coefficient (Wildman–Crippen LogP) is 1.20. The van der Waals surface area contributed by atoms with Crippen LogP contribution in [0.25, 0.3) is 0 Å². The Hall–Kier alpha value is -1.56. The molecule has 0 amide bonds. The summed E-state index contributed by atoms with van der Waals surface area (Å²) < 4.78 is 1.65. The fourth-order valence-electron chi connectivity index (χ4n) is 1.72. The zero-order chi connectivity index (χ0) is 13.7. The minimum absolute atomic E-state index is 0.162. The van der Waals surface area contributed by atoms with Crippen molar-refractivity contribution in [2.45, 2.75) is 24.1 Å². The van der Waals surface area contributed by atoms with Crippen molar-refractivity contribution >= 4 is 24.7 Å². The number of hydrogen-bond acceptors (Lipinski definition) is 4. The molecule has 0 unspecified atom stereocenters. The van der Waals surface area contributed by atoms with Crippen LogP contribution < -0.4 is 0 Å². The molecule has 0 spiro atoms. The molecule has 2 rings (SSSR count). The molecule has 0 radical (unpaired) electrons. The highest BCUT2D eigenvalue weighted by Crippen LogP contribution is 2.21. The third-order valence-electron chi connectivity index (χ3n) is 2.80. The molecule has 98 valence electrons. The fraction of sp³-hybridized carbons (Fsp3) is 0.308. The Morgan fingerprint density at radius 2 is 2.11 bits per heavy atom. The summed E-state index contributed by atoms with van der Waals surface area (Å²) in [7, 11) is 3.94. The van der Waals surface area contributed by atoms with E-state index in [9.17, 15) is 4.79 Å². The van der Waals surface area contributed by atoms with Crippen LogP contribution in [0.15, 0.2) is 35.4 Å². The summed E-state index contributed by atoms with van der Waals surface area (Å²) in [6.45, 7) is 0. The Bertz CT molecular complexity index is 553. The van der Waals surface area contributed by atoms with Gasteiger partial charge in [0.15, 0.2) is 5.12 Å². The van der Waals surface area contributed by atoms with E-state index < -0.39 is 0 Å². The zero-order valence-electron chi connectivity index (χ0n) is 11.2. The Balaban J connectivity index is 1.83. The molecule has 1 aromatic carbocycles. The van der Waals surface area contributed by atoms with Crippen molar-refractivity contribution in [1.29, 1.82) is 0 Å². The summed E-state index contributed by atoms with van der Waals surface area (Å²) >= 11 is 1.29. The maximum Gasteiger partial charge on any atom is 0.194 e. The van der Waals surface area contributed by atoms with Crippen LogP contribution in [0.5, 0.6) is 0 Å². The van der Waals surface area contributed by atoms with E-state index in [1.807, 2.05) is 25.4 Å². The number of carbonyl (C=O) groups is 1. The lowest BCUT2D eigenvalue weighted by Crippen LogP contribution is -1.95. The average molecular weight is 273 g/mol. The molecule has 0 atom stereocenters. The summed E-state index contributed by atoms with van der Waals surface area (Å²) in [6, 6.07) is 8.14. The highest BCUT2D eigenvalue weighted by Gasteiger charge is 2.07. The van der Waals surface area contributed by atoms with Crippen molar-refractivity contribution in [3.63, 3.8) is 0 Å². The van der Waals surface area contributed by atoms with Gasteiger partial charge in [-0.1, -0.05) is 41.0 Å². The monoisotopic (exact) mass is 273 g/mol. The topological polar surface area (TPSA) is 47.8 Å². The molecule has 0 aliphatic heterocycles. The SMILES string of the molecule is BCc1ccc(SC(=O)CCc2cn(C)nn2)cc1. The van der Waals surface area contributed by atoms with Crippen molar-refractivity contribution in [2.24, 2.45) is 7.05 Å². The van der Waals surface area contributed by atoms with Gasteiger partial charge < -0.3 is 0 Å². The first-order valence-corrected chi connectivity index (χ1v) is 7.14. The molecule has 0 saturated carbocycles. The molecule has 1 aromatic heterocycles. The summed E-state index contributed by atoms with van der Waals surface area (Å²) in [5, 5.41) is 7.98. The second kappa shape index (κ2) is 6.56. The van der Waals surface area contributed by atoms with E-state index in [-0.39, 0.29) is 5.12 Å². The van der Waals surface area contributed by atoms with Crippen LogP contribution in [0.3, 0.4) is 0 Å². The molecule has 1 heterocycles. The van der Waals surface area contributed by atoms with Gasteiger partial charge in [-0.3, -0.25) is 9.48 Å². The van der Waals surface area contributed by atoms with Crippen molar-refractivity contribution in [3.05, 3.63) is 41.7 Å². The minimum atomic E-state index is 0.162. The van der Waals surface area contributed by atoms with Gasteiger partial charge in [0.1, 0.15) is 7.85 Å². The number of carbonyl (C=O) groups excluding carboxylic acids is 1. The lowest BCUT2D eigenvalue weighted by atomic mass is 9.97. The number of thioether (sulfide) groups is 1. The first kappa shape index (κ1) is 13.9. The van der Waals surface area contributed by atoms with Gasteiger partial charge in [-0.25, -0.2) is 0 Å². The highest BCUT2D eigenvalue weighted by molar-refractivity contribution is 8.13. The van der Waals surface area contributed by atoms with E-state index in [2.05, 4.69) is 30.3 Å². The number of rotatable bonds is 5. The normalized spacial score (nSPS) is 10.6. The van der Waals surface area contributed by atoms with Crippen LogP contribution in [0.4, 0.5) is 0 Å².